The molecular weight excluding hydrogens is 168 g/mol. The molecule has 0 fully saturated rings. The molecule has 0 unspecified atom stereocenters. The lowest BCUT2D eigenvalue weighted by Gasteiger charge is -1.85. The number of hydrogen-bond donors (Lipinski definition) is 3. The molecule has 0 aromatic rings. The topological polar surface area (TPSA) is 104 Å². The lowest BCUT2D eigenvalue weighted by Crippen LogP contribution is -2.00. The number of rotatable bonds is 4. The third-order valence-corrected chi connectivity index (χ3v) is 0.682. The summed E-state index contributed by atoms with van der Waals surface area (Å²) < 4.78 is 0. The molecule has 0 saturated carbocycles. The van der Waals surface area contributed by atoms with Gasteiger partial charge in [0.1, 0.15) is 0 Å². The average molecular weight is 180 g/mol. The van der Waals surface area contributed by atoms with Gasteiger partial charge in [-0.25, -0.2) is 4.89 Å². The van der Waals surface area contributed by atoms with E-state index in [0.29, 0.717) is 6.61 Å². The summed E-state index contributed by atoms with van der Waals surface area (Å²) in [4.78, 5) is 22.8. The Bertz CT molecular complexity index is 116. The molecule has 6 nitrogen and oxygen atoms in total. The van der Waals surface area contributed by atoms with Crippen LogP contribution >= 0.6 is 0 Å². The number of carbonyl (C=O) groups is 2. The smallest absolute Gasteiger partial charge is 0.303 e. The van der Waals surface area contributed by atoms with Crippen molar-refractivity contribution in [1.29, 1.82) is 0 Å². The lowest BCUT2D eigenvalue weighted by atomic mass is 10.3. The standard InChI is InChI=1S/C4H6O4.C2H6O2/c5-3(6)1-2-4(7)8;1-2-4-3/h1-2H2,(H,5,6)(H,7,8);3H,2H2,1H3. The van der Waals surface area contributed by atoms with Crippen LogP contribution in [0.1, 0.15) is 19.8 Å². The van der Waals surface area contributed by atoms with Gasteiger partial charge in [0.15, 0.2) is 0 Å². The Morgan fingerprint density at radius 3 is 1.50 bits per heavy atom. The molecule has 0 aromatic heterocycles. The molecule has 72 valence electrons. The summed E-state index contributed by atoms with van der Waals surface area (Å²) in [5, 5.41) is 23.2. The quantitative estimate of drug-likeness (QED) is 0.428. The number of aliphatic carboxylic acids is 2. The first-order chi connectivity index (χ1) is 5.54. The van der Waals surface area contributed by atoms with Gasteiger partial charge in [-0.3, -0.25) is 14.8 Å². The van der Waals surface area contributed by atoms with Gasteiger partial charge in [-0.15, -0.1) is 0 Å². The Labute approximate surface area is 69.3 Å². The summed E-state index contributed by atoms with van der Waals surface area (Å²) in [7, 11) is 0. The maximum absolute atomic E-state index is 9.64. The fourth-order valence-electron chi connectivity index (χ4n) is 0.214. The van der Waals surface area contributed by atoms with Crippen molar-refractivity contribution in [2.45, 2.75) is 19.8 Å². The first kappa shape index (κ1) is 13.4. The van der Waals surface area contributed by atoms with E-state index in [-0.39, 0.29) is 12.8 Å². The Hall–Kier alpha value is -1.14. The zero-order valence-electron chi connectivity index (χ0n) is 6.69. The molecule has 0 aliphatic rings. The molecule has 0 heterocycles. The first-order valence-electron chi connectivity index (χ1n) is 3.24. The van der Waals surface area contributed by atoms with Crippen molar-refractivity contribution in [3.8, 4) is 0 Å². The highest BCUT2D eigenvalue weighted by Gasteiger charge is 2.00. The van der Waals surface area contributed by atoms with Gasteiger partial charge < -0.3 is 10.2 Å². The van der Waals surface area contributed by atoms with Crippen LogP contribution in [0.4, 0.5) is 0 Å². The highest BCUT2D eigenvalue weighted by atomic mass is 17.1. The Morgan fingerprint density at radius 2 is 1.42 bits per heavy atom. The highest BCUT2D eigenvalue weighted by Crippen LogP contribution is 1.86. The van der Waals surface area contributed by atoms with Gasteiger partial charge in [0.2, 0.25) is 0 Å². The molecule has 0 rings (SSSR count). The van der Waals surface area contributed by atoms with Crippen LogP contribution < -0.4 is 0 Å². The predicted octanol–water partition coefficient (Wildman–Crippen LogP) is 0.432. The fraction of sp³-hybridized carbons (Fsp3) is 0.667. The summed E-state index contributed by atoms with van der Waals surface area (Å²) >= 11 is 0. The van der Waals surface area contributed by atoms with E-state index in [9.17, 15) is 9.59 Å². The molecule has 0 spiro atoms. The molecule has 0 atom stereocenters. The van der Waals surface area contributed by atoms with Gasteiger partial charge in [0.25, 0.3) is 0 Å². The maximum atomic E-state index is 9.64. The van der Waals surface area contributed by atoms with Crippen LogP contribution in [-0.2, 0) is 14.5 Å². The second kappa shape index (κ2) is 9.86. The normalized spacial score (nSPS) is 8.17. The molecule has 0 bridgehead atoms. The molecule has 0 amide bonds. The van der Waals surface area contributed by atoms with Crippen LogP contribution in [0.5, 0.6) is 0 Å². The van der Waals surface area contributed by atoms with Crippen molar-refractivity contribution in [1.82, 2.24) is 0 Å². The molecule has 6 heteroatoms. The van der Waals surface area contributed by atoms with Crippen LogP contribution in [-0.4, -0.2) is 34.0 Å². The van der Waals surface area contributed by atoms with Crippen LogP contribution in [0.2, 0.25) is 0 Å². The summed E-state index contributed by atoms with van der Waals surface area (Å²) in [6.45, 7) is 2.08. The van der Waals surface area contributed by atoms with E-state index in [1.165, 1.54) is 0 Å². The van der Waals surface area contributed by atoms with Crippen LogP contribution in [0.25, 0.3) is 0 Å². The Kier molecular flexibility index (Phi) is 11.1. The van der Waals surface area contributed by atoms with Gasteiger partial charge >= 0.3 is 11.9 Å². The third-order valence-electron chi connectivity index (χ3n) is 0.682. The highest BCUT2D eigenvalue weighted by molar-refractivity contribution is 5.75. The summed E-state index contributed by atoms with van der Waals surface area (Å²) in [6.07, 6.45) is -0.593. The second-order valence-corrected chi connectivity index (χ2v) is 1.71. The molecule has 0 aliphatic carbocycles. The van der Waals surface area contributed by atoms with E-state index in [4.69, 9.17) is 15.5 Å². The lowest BCUT2D eigenvalue weighted by molar-refractivity contribution is -0.237. The van der Waals surface area contributed by atoms with Crippen molar-refractivity contribution < 1.29 is 29.9 Å². The van der Waals surface area contributed by atoms with Gasteiger partial charge in [-0.05, 0) is 6.92 Å². The predicted molar refractivity (Wildman–Crippen MR) is 38.8 cm³/mol. The van der Waals surface area contributed by atoms with Gasteiger partial charge in [0.05, 0.1) is 19.4 Å². The first-order valence-corrected chi connectivity index (χ1v) is 3.24. The minimum Gasteiger partial charge on any atom is -0.481 e. The Morgan fingerprint density at radius 1 is 1.17 bits per heavy atom. The Balaban J connectivity index is 0. The monoisotopic (exact) mass is 180 g/mol. The summed E-state index contributed by atoms with van der Waals surface area (Å²) in [5.74, 6) is -2.15. The minimum atomic E-state index is -1.08. The maximum Gasteiger partial charge on any atom is 0.303 e. The SMILES string of the molecule is CCOO.O=C(O)CCC(=O)O. The molecule has 0 aliphatic heterocycles. The van der Waals surface area contributed by atoms with Crippen molar-refractivity contribution >= 4 is 11.9 Å². The van der Waals surface area contributed by atoms with E-state index >= 15 is 0 Å². The third kappa shape index (κ3) is 23.2. The van der Waals surface area contributed by atoms with E-state index in [0.717, 1.165) is 0 Å². The van der Waals surface area contributed by atoms with Gasteiger partial charge in [-0.1, -0.05) is 0 Å². The zero-order valence-corrected chi connectivity index (χ0v) is 6.69. The van der Waals surface area contributed by atoms with Gasteiger partial charge in [-0.2, -0.15) is 0 Å². The molecule has 0 radical (unpaired) electrons. The molecule has 0 aromatic carbocycles. The fourth-order valence-corrected chi connectivity index (χ4v) is 0.214. The number of hydrogen-bond acceptors (Lipinski definition) is 4. The van der Waals surface area contributed by atoms with Crippen LogP contribution in [0, 0.1) is 0 Å². The summed E-state index contributed by atoms with van der Waals surface area (Å²) in [6, 6.07) is 0. The van der Waals surface area contributed by atoms with Crippen molar-refractivity contribution in [3.05, 3.63) is 0 Å². The second-order valence-electron chi connectivity index (χ2n) is 1.71. The van der Waals surface area contributed by atoms with E-state index < -0.39 is 11.9 Å². The molecule has 3 N–H and O–H groups in total. The van der Waals surface area contributed by atoms with E-state index in [1.807, 2.05) is 0 Å². The van der Waals surface area contributed by atoms with Crippen molar-refractivity contribution in [2.75, 3.05) is 6.61 Å². The summed E-state index contributed by atoms with van der Waals surface area (Å²) in [5.41, 5.74) is 0. The largest absolute Gasteiger partial charge is 0.481 e. The minimum absolute atomic E-state index is 0.296. The van der Waals surface area contributed by atoms with Gasteiger partial charge in [0, 0.05) is 0 Å². The number of carboxylic acids is 2. The van der Waals surface area contributed by atoms with Crippen LogP contribution in [0.3, 0.4) is 0 Å². The van der Waals surface area contributed by atoms with E-state index in [2.05, 4.69) is 4.89 Å². The van der Waals surface area contributed by atoms with Crippen molar-refractivity contribution in [3.63, 3.8) is 0 Å². The molecular formula is C6H12O6. The van der Waals surface area contributed by atoms with Crippen LogP contribution in [0.15, 0.2) is 0 Å². The van der Waals surface area contributed by atoms with Crippen molar-refractivity contribution in [2.24, 2.45) is 0 Å². The zero-order chi connectivity index (χ0) is 9.98. The number of carboxylic acid groups (broad SMARTS) is 2. The molecule has 0 saturated heterocycles. The average Bonchev–Trinajstić information content (AvgIpc) is 2.01. The molecule has 12 heavy (non-hydrogen) atoms. The van der Waals surface area contributed by atoms with E-state index in [1.54, 1.807) is 6.92 Å².